The number of hydrogen-bond donors (Lipinski definition) is 1. The number of hydrogen-bond acceptors (Lipinski definition) is 3. The van der Waals surface area contributed by atoms with Crippen LogP contribution in [-0.4, -0.2) is 29.1 Å². The highest BCUT2D eigenvalue weighted by Crippen LogP contribution is 2.31. The number of pyridine rings is 1. The Morgan fingerprint density at radius 3 is 2.53 bits per heavy atom. The van der Waals surface area contributed by atoms with Gasteiger partial charge in [0, 0.05) is 19.3 Å². The van der Waals surface area contributed by atoms with Crippen LogP contribution in [0, 0.1) is 5.92 Å². The topological polar surface area (TPSA) is 53.4 Å². The third-order valence-corrected chi connectivity index (χ3v) is 3.24. The third-order valence-electron chi connectivity index (χ3n) is 3.24. The maximum Gasteiger partial charge on any atom is 0.416 e. The van der Waals surface area contributed by atoms with E-state index in [4.69, 9.17) is 5.11 Å². The van der Waals surface area contributed by atoms with E-state index >= 15 is 0 Å². The van der Waals surface area contributed by atoms with E-state index in [0.29, 0.717) is 25.9 Å². The van der Waals surface area contributed by atoms with Crippen LogP contribution in [0.3, 0.4) is 0 Å². The molecule has 2 rings (SSSR count). The van der Waals surface area contributed by atoms with Crippen LogP contribution in [-0.2, 0) is 11.0 Å². The minimum atomic E-state index is -4.39. The van der Waals surface area contributed by atoms with Gasteiger partial charge >= 0.3 is 12.1 Å². The number of nitrogens with zero attached hydrogens (tertiary/aromatic N) is 2. The minimum absolute atomic E-state index is 0.249. The Kier molecular flexibility index (Phi) is 3.64. The molecule has 0 unspecified atom stereocenters. The van der Waals surface area contributed by atoms with Crippen LogP contribution >= 0.6 is 0 Å². The van der Waals surface area contributed by atoms with Gasteiger partial charge in [0.25, 0.3) is 0 Å². The first-order chi connectivity index (χ1) is 8.88. The predicted octanol–water partition coefficient (Wildman–Crippen LogP) is 2.40. The predicted molar refractivity (Wildman–Crippen MR) is 61.8 cm³/mol. The Labute approximate surface area is 107 Å². The van der Waals surface area contributed by atoms with Crippen LogP contribution in [0.25, 0.3) is 0 Å². The molecule has 0 saturated carbocycles. The van der Waals surface area contributed by atoms with Crippen LogP contribution in [0.15, 0.2) is 18.3 Å². The molecule has 104 valence electrons. The van der Waals surface area contributed by atoms with Gasteiger partial charge < -0.3 is 10.0 Å². The largest absolute Gasteiger partial charge is 0.481 e. The molecule has 1 aromatic rings. The molecule has 0 atom stereocenters. The van der Waals surface area contributed by atoms with Crippen molar-refractivity contribution in [2.75, 3.05) is 18.0 Å². The number of piperidine rings is 1. The first kappa shape index (κ1) is 13.6. The Bertz CT molecular complexity index is 468. The number of carboxylic acid groups (broad SMARTS) is 1. The van der Waals surface area contributed by atoms with Crippen molar-refractivity contribution in [2.24, 2.45) is 5.92 Å². The number of alkyl halides is 3. The highest BCUT2D eigenvalue weighted by atomic mass is 19.4. The summed E-state index contributed by atoms with van der Waals surface area (Å²) in [6.45, 7) is 0.816. The van der Waals surface area contributed by atoms with Gasteiger partial charge in [-0.3, -0.25) is 4.79 Å². The van der Waals surface area contributed by atoms with Gasteiger partial charge in [0.15, 0.2) is 0 Å². The van der Waals surface area contributed by atoms with E-state index in [1.54, 1.807) is 4.90 Å². The van der Waals surface area contributed by atoms with E-state index in [1.807, 2.05) is 0 Å². The van der Waals surface area contributed by atoms with Crippen LogP contribution in [0.1, 0.15) is 18.4 Å². The standard InChI is InChI=1S/C12H13F3N2O2/c13-12(14,15)9-1-4-16-10(7-9)17-5-2-8(3-6-17)11(18)19/h1,4,7-8H,2-3,5-6H2,(H,18,19). The molecule has 0 aromatic carbocycles. The average Bonchev–Trinajstić information content (AvgIpc) is 2.38. The van der Waals surface area contributed by atoms with E-state index in [9.17, 15) is 18.0 Å². The normalized spacial score (nSPS) is 17.5. The summed E-state index contributed by atoms with van der Waals surface area (Å²) in [5.41, 5.74) is -0.738. The molecule has 1 aliphatic rings. The number of carbonyl (C=O) groups is 1. The molecule has 4 nitrogen and oxygen atoms in total. The summed E-state index contributed by atoms with van der Waals surface area (Å²) in [6.07, 6.45) is -2.42. The molecule has 0 radical (unpaired) electrons. The molecular weight excluding hydrogens is 261 g/mol. The van der Waals surface area contributed by atoms with Gasteiger partial charge in [-0.25, -0.2) is 4.98 Å². The van der Waals surface area contributed by atoms with E-state index < -0.39 is 23.6 Å². The van der Waals surface area contributed by atoms with Crippen LogP contribution in [0.5, 0.6) is 0 Å². The SMILES string of the molecule is O=C(O)C1CCN(c2cc(C(F)(F)F)ccn2)CC1. The van der Waals surface area contributed by atoms with Crippen molar-refractivity contribution in [1.82, 2.24) is 4.98 Å². The van der Waals surface area contributed by atoms with E-state index in [0.717, 1.165) is 18.3 Å². The molecular formula is C12H13F3N2O2. The van der Waals surface area contributed by atoms with E-state index in [1.165, 1.54) is 0 Å². The maximum atomic E-state index is 12.6. The quantitative estimate of drug-likeness (QED) is 0.899. The van der Waals surface area contributed by atoms with Gasteiger partial charge in [-0.15, -0.1) is 0 Å². The summed E-state index contributed by atoms with van der Waals surface area (Å²) in [4.78, 5) is 16.4. The van der Waals surface area contributed by atoms with Gasteiger partial charge in [-0.1, -0.05) is 0 Å². The lowest BCUT2D eigenvalue weighted by atomic mass is 9.97. The fraction of sp³-hybridized carbons (Fsp3) is 0.500. The Hall–Kier alpha value is -1.79. The van der Waals surface area contributed by atoms with Crippen molar-refractivity contribution >= 4 is 11.8 Å². The Balaban J connectivity index is 2.10. The lowest BCUT2D eigenvalue weighted by Crippen LogP contribution is -2.36. The molecule has 0 aliphatic carbocycles. The average molecular weight is 274 g/mol. The zero-order valence-corrected chi connectivity index (χ0v) is 10.0. The summed E-state index contributed by atoms with van der Waals surface area (Å²) in [6, 6.07) is 1.93. The van der Waals surface area contributed by atoms with Crippen LogP contribution in [0.4, 0.5) is 19.0 Å². The third kappa shape index (κ3) is 3.15. The highest BCUT2D eigenvalue weighted by Gasteiger charge is 2.32. The molecule has 1 aliphatic heterocycles. The van der Waals surface area contributed by atoms with Crippen LogP contribution < -0.4 is 4.90 Å². The van der Waals surface area contributed by atoms with Gasteiger partial charge in [-0.2, -0.15) is 13.2 Å². The Morgan fingerprint density at radius 2 is 2.00 bits per heavy atom. The summed E-state index contributed by atoms with van der Waals surface area (Å²) in [5.74, 6) is -1.02. The van der Waals surface area contributed by atoms with E-state index in [-0.39, 0.29) is 5.82 Å². The fourth-order valence-electron chi connectivity index (χ4n) is 2.12. The molecule has 0 amide bonds. The lowest BCUT2D eigenvalue weighted by molar-refractivity contribution is -0.142. The zero-order valence-electron chi connectivity index (χ0n) is 10.0. The molecule has 2 heterocycles. The molecule has 1 N–H and O–H groups in total. The summed E-state index contributed by atoms with van der Waals surface area (Å²) in [7, 11) is 0. The second-order valence-corrected chi connectivity index (χ2v) is 4.50. The molecule has 0 bridgehead atoms. The smallest absolute Gasteiger partial charge is 0.416 e. The number of aliphatic carboxylic acids is 1. The van der Waals surface area contributed by atoms with Gasteiger partial charge in [0.05, 0.1) is 11.5 Å². The van der Waals surface area contributed by atoms with Gasteiger partial charge in [0.1, 0.15) is 5.82 Å². The molecule has 1 fully saturated rings. The van der Waals surface area contributed by atoms with Crippen molar-refractivity contribution in [1.29, 1.82) is 0 Å². The molecule has 0 spiro atoms. The number of anilines is 1. The number of aromatic nitrogens is 1. The first-order valence-electron chi connectivity index (χ1n) is 5.89. The van der Waals surface area contributed by atoms with Crippen LogP contribution in [0.2, 0.25) is 0 Å². The van der Waals surface area contributed by atoms with Gasteiger partial charge in [0.2, 0.25) is 0 Å². The second-order valence-electron chi connectivity index (χ2n) is 4.50. The highest BCUT2D eigenvalue weighted by molar-refractivity contribution is 5.70. The Morgan fingerprint density at radius 1 is 1.37 bits per heavy atom. The van der Waals surface area contributed by atoms with Gasteiger partial charge in [-0.05, 0) is 25.0 Å². The first-order valence-corrected chi connectivity index (χ1v) is 5.89. The second kappa shape index (κ2) is 5.07. The number of halogens is 3. The fourth-order valence-corrected chi connectivity index (χ4v) is 2.12. The molecule has 1 saturated heterocycles. The zero-order chi connectivity index (χ0) is 14.0. The van der Waals surface area contributed by atoms with Crippen molar-refractivity contribution in [3.63, 3.8) is 0 Å². The van der Waals surface area contributed by atoms with Crippen molar-refractivity contribution < 1.29 is 23.1 Å². The molecule has 7 heteroatoms. The lowest BCUT2D eigenvalue weighted by Gasteiger charge is -2.31. The van der Waals surface area contributed by atoms with Crippen molar-refractivity contribution in [2.45, 2.75) is 19.0 Å². The number of rotatable bonds is 2. The summed E-state index contributed by atoms with van der Waals surface area (Å²) in [5, 5.41) is 8.86. The number of carboxylic acids is 1. The summed E-state index contributed by atoms with van der Waals surface area (Å²) >= 11 is 0. The van der Waals surface area contributed by atoms with Crippen molar-refractivity contribution in [3.8, 4) is 0 Å². The molecule has 19 heavy (non-hydrogen) atoms. The minimum Gasteiger partial charge on any atom is -0.481 e. The van der Waals surface area contributed by atoms with E-state index in [2.05, 4.69) is 4.98 Å². The molecule has 1 aromatic heterocycles. The monoisotopic (exact) mass is 274 g/mol. The van der Waals surface area contributed by atoms with Crippen molar-refractivity contribution in [3.05, 3.63) is 23.9 Å². The summed E-state index contributed by atoms with van der Waals surface area (Å²) < 4.78 is 37.7. The maximum absolute atomic E-state index is 12.6.